The molecule has 0 aliphatic carbocycles. The highest BCUT2D eigenvalue weighted by Gasteiger charge is 2.11. The maximum Gasteiger partial charge on any atom is 0.251 e. The highest BCUT2D eigenvalue weighted by atomic mass is 35.5. The fourth-order valence-corrected chi connectivity index (χ4v) is 1.72. The fraction of sp³-hybridized carbons (Fsp3) is 0.100. The molecule has 0 saturated carbocycles. The second-order valence-corrected chi connectivity index (χ2v) is 5.37. The zero-order valence-corrected chi connectivity index (χ0v) is 10.4. The average molecular weight is 275 g/mol. The minimum Gasteiger partial charge on any atom is -0.347 e. The highest BCUT2D eigenvalue weighted by molar-refractivity contribution is 7.89. The quantitative estimate of drug-likeness (QED) is 0.852. The number of carbonyl (C=O) groups excluding carboxylic acids is 1. The van der Waals surface area contributed by atoms with Crippen LogP contribution in [-0.2, 0) is 10.0 Å². The van der Waals surface area contributed by atoms with Gasteiger partial charge in [0.15, 0.2) is 0 Å². The van der Waals surface area contributed by atoms with Gasteiger partial charge in [-0.05, 0) is 18.2 Å². The number of benzene rings is 1. The molecule has 17 heavy (non-hydrogen) atoms. The number of primary sulfonamides is 1. The van der Waals surface area contributed by atoms with Gasteiger partial charge in [-0.1, -0.05) is 24.2 Å². The second-order valence-electron chi connectivity index (χ2n) is 3.27. The molecule has 0 aliphatic rings. The zero-order valence-electron chi connectivity index (χ0n) is 8.81. The third-order valence-corrected chi connectivity index (χ3v) is 2.91. The van der Waals surface area contributed by atoms with E-state index < -0.39 is 15.9 Å². The van der Waals surface area contributed by atoms with Gasteiger partial charge in [-0.25, -0.2) is 13.6 Å². The summed E-state index contributed by atoms with van der Waals surface area (Å²) in [5.41, 5.74) is 0.189. The Morgan fingerprint density at radius 3 is 2.65 bits per heavy atom. The summed E-state index contributed by atoms with van der Waals surface area (Å²) < 4.78 is 22.2. The van der Waals surface area contributed by atoms with Crippen LogP contribution in [-0.4, -0.2) is 20.9 Å². The first-order valence-electron chi connectivity index (χ1n) is 4.55. The molecule has 0 fully saturated rings. The molecule has 0 bridgehead atoms. The van der Waals surface area contributed by atoms with Gasteiger partial charge in [-0.3, -0.25) is 4.79 Å². The third kappa shape index (κ3) is 4.18. The van der Waals surface area contributed by atoms with Crippen molar-refractivity contribution in [3.05, 3.63) is 41.4 Å². The topological polar surface area (TPSA) is 89.3 Å². The van der Waals surface area contributed by atoms with E-state index in [0.29, 0.717) is 0 Å². The number of rotatable bonds is 4. The van der Waals surface area contributed by atoms with E-state index in [-0.39, 0.29) is 22.0 Å². The van der Waals surface area contributed by atoms with Crippen molar-refractivity contribution < 1.29 is 13.2 Å². The molecule has 0 aliphatic heterocycles. The molecular weight excluding hydrogens is 264 g/mol. The molecule has 0 saturated heterocycles. The van der Waals surface area contributed by atoms with Crippen molar-refractivity contribution in [3.63, 3.8) is 0 Å². The summed E-state index contributed by atoms with van der Waals surface area (Å²) in [5, 5.41) is 7.70. The summed E-state index contributed by atoms with van der Waals surface area (Å²) in [6, 6.07) is 5.42. The summed E-state index contributed by atoms with van der Waals surface area (Å²) in [7, 11) is -3.81. The van der Waals surface area contributed by atoms with Crippen LogP contribution in [0.25, 0.3) is 0 Å². The van der Waals surface area contributed by atoms with Crippen molar-refractivity contribution >= 4 is 27.5 Å². The lowest BCUT2D eigenvalue weighted by molar-refractivity contribution is 0.0957. The van der Waals surface area contributed by atoms with Crippen LogP contribution < -0.4 is 10.5 Å². The molecule has 5 nitrogen and oxygen atoms in total. The van der Waals surface area contributed by atoms with Crippen molar-refractivity contribution in [1.29, 1.82) is 0 Å². The van der Waals surface area contributed by atoms with E-state index in [1.54, 1.807) is 0 Å². The SMILES string of the molecule is C=C(Cl)CNC(=O)c1cccc(S(N)(=O)=O)c1. The Bertz CT molecular complexity index is 554. The van der Waals surface area contributed by atoms with Crippen molar-refractivity contribution in [2.24, 2.45) is 5.14 Å². The summed E-state index contributed by atoms with van der Waals surface area (Å²) >= 11 is 5.49. The Hall–Kier alpha value is -1.37. The number of halogens is 1. The van der Waals surface area contributed by atoms with E-state index >= 15 is 0 Å². The number of sulfonamides is 1. The summed E-state index contributed by atoms with van der Waals surface area (Å²) in [4.78, 5) is 11.5. The number of amides is 1. The first-order valence-corrected chi connectivity index (χ1v) is 6.47. The van der Waals surface area contributed by atoms with Gasteiger partial charge in [0, 0.05) is 10.6 Å². The smallest absolute Gasteiger partial charge is 0.251 e. The van der Waals surface area contributed by atoms with Gasteiger partial charge in [0.2, 0.25) is 10.0 Å². The molecule has 0 aromatic heterocycles. The molecule has 92 valence electrons. The van der Waals surface area contributed by atoms with Crippen LogP contribution >= 0.6 is 11.6 Å². The molecule has 0 radical (unpaired) electrons. The first kappa shape index (κ1) is 13.7. The zero-order chi connectivity index (χ0) is 13.1. The molecule has 0 spiro atoms. The van der Waals surface area contributed by atoms with Crippen LogP contribution in [0.15, 0.2) is 40.8 Å². The fourth-order valence-electron chi connectivity index (χ4n) is 1.09. The van der Waals surface area contributed by atoms with Gasteiger partial charge < -0.3 is 5.32 Å². The normalized spacial score (nSPS) is 10.9. The summed E-state index contributed by atoms with van der Waals surface area (Å²) in [6.07, 6.45) is 0. The van der Waals surface area contributed by atoms with Gasteiger partial charge in [-0.2, -0.15) is 0 Å². The number of carbonyl (C=O) groups is 1. The lowest BCUT2D eigenvalue weighted by Gasteiger charge is -2.05. The number of hydrogen-bond donors (Lipinski definition) is 2. The Morgan fingerprint density at radius 1 is 1.47 bits per heavy atom. The van der Waals surface area contributed by atoms with Crippen molar-refractivity contribution in [2.45, 2.75) is 4.90 Å². The predicted molar refractivity (Wildman–Crippen MR) is 65.1 cm³/mol. The van der Waals surface area contributed by atoms with Crippen LogP contribution in [0.4, 0.5) is 0 Å². The van der Waals surface area contributed by atoms with Gasteiger partial charge >= 0.3 is 0 Å². The van der Waals surface area contributed by atoms with Crippen LogP contribution in [0.1, 0.15) is 10.4 Å². The third-order valence-electron chi connectivity index (χ3n) is 1.87. The van der Waals surface area contributed by atoms with Gasteiger partial charge in [0.25, 0.3) is 5.91 Å². The minimum absolute atomic E-state index is 0.111. The maximum absolute atomic E-state index is 11.6. The first-order chi connectivity index (χ1) is 7.80. The van der Waals surface area contributed by atoms with Crippen LogP contribution in [0.2, 0.25) is 0 Å². The molecule has 1 rings (SSSR count). The summed E-state index contributed by atoms with van der Waals surface area (Å²) in [6.45, 7) is 3.52. The van der Waals surface area contributed by atoms with Gasteiger partial charge in [-0.15, -0.1) is 0 Å². The van der Waals surface area contributed by atoms with E-state index in [1.165, 1.54) is 24.3 Å². The number of nitrogens with one attached hydrogen (secondary N) is 1. The lowest BCUT2D eigenvalue weighted by Crippen LogP contribution is -2.24. The Labute approximate surface area is 104 Å². The molecule has 1 aromatic rings. The Morgan fingerprint density at radius 2 is 2.12 bits per heavy atom. The van der Waals surface area contributed by atoms with Crippen molar-refractivity contribution in [2.75, 3.05) is 6.54 Å². The van der Waals surface area contributed by atoms with Crippen molar-refractivity contribution in [3.8, 4) is 0 Å². The molecule has 7 heteroatoms. The highest BCUT2D eigenvalue weighted by Crippen LogP contribution is 2.09. The Balaban J connectivity index is 2.93. The summed E-state index contributed by atoms with van der Waals surface area (Å²) in [5.74, 6) is -0.447. The van der Waals surface area contributed by atoms with E-state index in [4.69, 9.17) is 16.7 Å². The average Bonchev–Trinajstić information content (AvgIpc) is 2.25. The van der Waals surface area contributed by atoms with E-state index in [0.717, 1.165) is 0 Å². The van der Waals surface area contributed by atoms with E-state index in [1.807, 2.05) is 0 Å². The van der Waals surface area contributed by atoms with Crippen molar-refractivity contribution in [1.82, 2.24) is 5.32 Å². The van der Waals surface area contributed by atoms with Crippen LogP contribution in [0, 0.1) is 0 Å². The molecule has 0 heterocycles. The van der Waals surface area contributed by atoms with Gasteiger partial charge in [0.1, 0.15) is 0 Å². The standard InChI is InChI=1S/C10H11ClN2O3S/c1-7(11)6-13-10(14)8-3-2-4-9(5-8)17(12,15)16/h2-5H,1,6H2,(H,13,14)(H2,12,15,16). The largest absolute Gasteiger partial charge is 0.347 e. The van der Waals surface area contributed by atoms with Crippen LogP contribution in [0.5, 0.6) is 0 Å². The molecular formula is C10H11ClN2O3S. The molecule has 0 atom stereocenters. The number of hydrogen-bond acceptors (Lipinski definition) is 3. The predicted octanol–water partition coefficient (Wildman–Crippen LogP) is 0.816. The van der Waals surface area contributed by atoms with E-state index in [9.17, 15) is 13.2 Å². The van der Waals surface area contributed by atoms with Gasteiger partial charge in [0.05, 0.1) is 11.4 Å². The van der Waals surface area contributed by atoms with Crippen LogP contribution in [0.3, 0.4) is 0 Å². The monoisotopic (exact) mass is 274 g/mol. The molecule has 0 unspecified atom stereocenters. The molecule has 1 aromatic carbocycles. The molecule has 1 amide bonds. The Kier molecular flexibility index (Phi) is 4.28. The lowest BCUT2D eigenvalue weighted by atomic mass is 10.2. The number of nitrogens with two attached hydrogens (primary N) is 1. The second kappa shape index (κ2) is 5.31. The van der Waals surface area contributed by atoms with E-state index in [2.05, 4.69) is 11.9 Å². The minimum atomic E-state index is -3.81. The maximum atomic E-state index is 11.6. The molecule has 3 N–H and O–H groups in total.